The third-order valence-electron chi connectivity index (χ3n) is 3.71. The zero-order chi connectivity index (χ0) is 17.0. The Morgan fingerprint density at radius 3 is 2.70 bits per heavy atom. The van der Waals surface area contributed by atoms with Gasteiger partial charge < -0.3 is 15.4 Å². The van der Waals surface area contributed by atoms with Crippen molar-refractivity contribution in [3.8, 4) is 0 Å². The van der Waals surface area contributed by atoms with Crippen molar-refractivity contribution in [1.29, 1.82) is 0 Å². The molecule has 128 valence electrons. The Labute approximate surface area is 141 Å². The van der Waals surface area contributed by atoms with Gasteiger partial charge in [0.2, 0.25) is 0 Å². The summed E-state index contributed by atoms with van der Waals surface area (Å²) in [5.41, 5.74) is -0.110. The van der Waals surface area contributed by atoms with Gasteiger partial charge in [-0.3, -0.25) is 0 Å². The molecule has 1 fully saturated rings. The monoisotopic (exact) mass is 342 g/mol. The highest BCUT2D eigenvalue weighted by Crippen LogP contribution is 2.27. The minimum atomic E-state index is -0.514. The molecule has 2 atom stereocenters. The van der Waals surface area contributed by atoms with Crippen molar-refractivity contribution >= 4 is 23.4 Å². The summed E-state index contributed by atoms with van der Waals surface area (Å²) >= 11 is 5.80. The summed E-state index contributed by atoms with van der Waals surface area (Å²) in [7, 11) is 0. The maximum absolute atomic E-state index is 14.0. The van der Waals surface area contributed by atoms with Crippen LogP contribution < -0.4 is 10.6 Å². The van der Waals surface area contributed by atoms with Gasteiger partial charge in [0.15, 0.2) is 5.82 Å². The van der Waals surface area contributed by atoms with E-state index in [4.69, 9.17) is 16.3 Å². The van der Waals surface area contributed by atoms with Gasteiger partial charge in [-0.15, -0.1) is 0 Å². The number of hydrogen-bond donors (Lipinski definition) is 2. The highest BCUT2D eigenvalue weighted by molar-refractivity contribution is 6.31. The fraction of sp³-hybridized carbons (Fsp3) is 0.588. The van der Waals surface area contributed by atoms with Crippen LogP contribution in [0.4, 0.5) is 14.9 Å². The van der Waals surface area contributed by atoms with Crippen LogP contribution in [0.1, 0.15) is 46.5 Å². The molecule has 1 aromatic rings. The first-order valence-electron chi connectivity index (χ1n) is 7.94. The molecule has 1 amide bonds. The van der Waals surface area contributed by atoms with Crippen molar-refractivity contribution in [2.45, 2.75) is 64.1 Å². The van der Waals surface area contributed by atoms with E-state index < -0.39 is 17.5 Å². The Balaban J connectivity index is 1.91. The van der Waals surface area contributed by atoms with Gasteiger partial charge in [-0.25, -0.2) is 9.18 Å². The van der Waals surface area contributed by atoms with E-state index in [-0.39, 0.29) is 17.1 Å². The van der Waals surface area contributed by atoms with Crippen LogP contribution in [0.2, 0.25) is 5.02 Å². The van der Waals surface area contributed by atoms with Gasteiger partial charge in [-0.2, -0.15) is 0 Å². The number of amides is 1. The van der Waals surface area contributed by atoms with Gasteiger partial charge in [-0.05, 0) is 58.6 Å². The first kappa shape index (κ1) is 17.9. The third kappa shape index (κ3) is 5.57. The van der Waals surface area contributed by atoms with Gasteiger partial charge >= 0.3 is 6.09 Å². The van der Waals surface area contributed by atoms with E-state index in [0.29, 0.717) is 5.69 Å². The number of benzene rings is 1. The standard InChI is InChI=1S/C17H24ClFN2O2/c1-17(2,3)23-16(22)21-12-7-4-6-11(10-12)20-14-9-5-8-13(18)15(14)19/h5,8-9,11-12,20H,4,6-7,10H2,1-3H3,(H,21,22). The predicted octanol–water partition coefficient (Wildman–Crippen LogP) is 4.73. The number of halogens is 2. The first-order valence-corrected chi connectivity index (χ1v) is 8.32. The van der Waals surface area contributed by atoms with Crippen molar-refractivity contribution in [2.75, 3.05) is 5.32 Å². The van der Waals surface area contributed by atoms with E-state index in [1.54, 1.807) is 12.1 Å². The largest absolute Gasteiger partial charge is 0.444 e. The van der Waals surface area contributed by atoms with Crippen LogP contribution in [0.15, 0.2) is 18.2 Å². The van der Waals surface area contributed by atoms with E-state index in [2.05, 4.69) is 10.6 Å². The Kier molecular flexibility index (Phi) is 5.74. The second kappa shape index (κ2) is 7.39. The van der Waals surface area contributed by atoms with E-state index in [9.17, 15) is 9.18 Å². The summed E-state index contributed by atoms with van der Waals surface area (Å²) in [5.74, 6) is -0.434. The number of anilines is 1. The van der Waals surface area contributed by atoms with Crippen molar-refractivity contribution < 1.29 is 13.9 Å². The number of hydrogen-bond acceptors (Lipinski definition) is 3. The average molecular weight is 343 g/mol. The first-order chi connectivity index (χ1) is 10.7. The molecule has 0 aliphatic heterocycles. The molecule has 0 heterocycles. The average Bonchev–Trinajstić information content (AvgIpc) is 2.42. The van der Waals surface area contributed by atoms with Crippen molar-refractivity contribution in [1.82, 2.24) is 5.32 Å². The van der Waals surface area contributed by atoms with Gasteiger partial charge in [-0.1, -0.05) is 17.7 Å². The lowest BCUT2D eigenvalue weighted by Gasteiger charge is -2.31. The molecule has 1 aliphatic rings. The number of alkyl carbamates (subject to hydrolysis) is 1. The second-order valence-electron chi connectivity index (χ2n) is 6.95. The highest BCUT2D eigenvalue weighted by atomic mass is 35.5. The zero-order valence-electron chi connectivity index (χ0n) is 13.8. The summed E-state index contributed by atoms with van der Waals surface area (Å²) < 4.78 is 19.2. The number of rotatable bonds is 3. The molecule has 2 unspecified atom stereocenters. The fourth-order valence-corrected chi connectivity index (χ4v) is 2.94. The predicted molar refractivity (Wildman–Crippen MR) is 90.4 cm³/mol. The normalized spacial score (nSPS) is 21.6. The van der Waals surface area contributed by atoms with Crippen molar-refractivity contribution in [3.63, 3.8) is 0 Å². The minimum absolute atomic E-state index is 0.0262. The number of nitrogens with one attached hydrogen (secondary N) is 2. The van der Waals surface area contributed by atoms with Crippen LogP contribution in [0.25, 0.3) is 0 Å². The summed E-state index contributed by atoms with van der Waals surface area (Å²) in [6, 6.07) is 5.03. The van der Waals surface area contributed by atoms with Crippen LogP contribution >= 0.6 is 11.6 Å². The molecular formula is C17H24ClFN2O2. The molecule has 1 aliphatic carbocycles. The molecule has 0 aromatic heterocycles. The molecule has 0 spiro atoms. The molecule has 1 aromatic carbocycles. The lowest BCUT2D eigenvalue weighted by atomic mass is 9.91. The van der Waals surface area contributed by atoms with Crippen LogP contribution in [0.3, 0.4) is 0 Å². The molecular weight excluding hydrogens is 319 g/mol. The molecule has 0 saturated heterocycles. The third-order valence-corrected chi connectivity index (χ3v) is 4.00. The van der Waals surface area contributed by atoms with E-state index in [1.165, 1.54) is 6.07 Å². The topological polar surface area (TPSA) is 50.4 Å². The van der Waals surface area contributed by atoms with E-state index in [0.717, 1.165) is 25.7 Å². The Morgan fingerprint density at radius 2 is 2.00 bits per heavy atom. The van der Waals surface area contributed by atoms with Crippen molar-refractivity contribution in [3.05, 3.63) is 29.0 Å². The van der Waals surface area contributed by atoms with Gasteiger partial charge in [0.05, 0.1) is 10.7 Å². The summed E-state index contributed by atoms with van der Waals surface area (Å²) in [6.45, 7) is 5.50. The number of carbonyl (C=O) groups excluding carboxylic acids is 1. The van der Waals surface area contributed by atoms with E-state index in [1.807, 2.05) is 20.8 Å². The number of ether oxygens (including phenoxy) is 1. The zero-order valence-corrected chi connectivity index (χ0v) is 14.5. The maximum Gasteiger partial charge on any atom is 0.407 e. The smallest absolute Gasteiger partial charge is 0.407 e. The van der Waals surface area contributed by atoms with Crippen LogP contribution in [-0.2, 0) is 4.74 Å². The minimum Gasteiger partial charge on any atom is -0.444 e. The molecule has 23 heavy (non-hydrogen) atoms. The quantitative estimate of drug-likeness (QED) is 0.835. The maximum atomic E-state index is 14.0. The van der Waals surface area contributed by atoms with Crippen LogP contribution in [-0.4, -0.2) is 23.8 Å². The van der Waals surface area contributed by atoms with Crippen LogP contribution in [0, 0.1) is 5.82 Å². The Bertz CT molecular complexity index is 560. The Morgan fingerprint density at radius 1 is 1.30 bits per heavy atom. The SMILES string of the molecule is CC(C)(C)OC(=O)NC1CCCC(Nc2cccc(Cl)c2F)C1. The molecule has 1 saturated carbocycles. The second-order valence-corrected chi connectivity index (χ2v) is 7.36. The molecule has 0 bridgehead atoms. The lowest BCUT2D eigenvalue weighted by Crippen LogP contribution is -2.43. The van der Waals surface area contributed by atoms with Crippen LogP contribution in [0.5, 0.6) is 0 Å². The lowest BCUT2D eigenvalue weighted by molar-refractivity contribution is 0.0492. The molecule has 0 radical (unpaired) electrons. The van der Waals surface area contributed by atoms with Gasteiger partial charge in [0, 0.05) is 12.1 Å². The molecule has 4 nitrogen and oxygen atoms in total. The molecule has 2 N–H and O–H groups in total. The van der Waals surface area contributed by atoms with Gasteiger partial charge in [0.1, 0.15) is 5.60 Å². The number of carbonyl (C=O) groups is 1. The fourth-order valence-electron chi connectivity index (χ4n) is 2.76. The van der Waals surface area contributed by atoms with Gasteiger partial charge in [0.25, 0.3) is 0 Å². The summed E-state index contributed by atoms with van der Waals surface area (Å²) in [5, 5.41) is 6.19. The molecule has 2 rings (SSSR count). The Hall–Kier alpha value is -1.49. The van der Waals surface area contributed by atoms with Crippen molar-refractivity contribution in [2.24, 2.45) is 0 Å². The summed E-state index contributed by atoms with van der Waals surface area (Å²) in [6.07, 6.45) is 3.11. The van der Waals surface area contributed by atoms with E-state index >= 15 is 0 Å². The molecule has 6 heteroatoms. The summed E-state index contributed by atoms with van der Waals surface area (Å²) in [4.78, 5) is 11.9. The highest BCUT2D eigenvalue weighted by Gasteiger charge is 2.26.